The number of fused-ring (bicyclic) bond motifs is 2. The van der Waals surface area contributed by atoms with E-state index in [1.807, 2.05) is 43.3 Å². The van der Waals surface area contributed by atoms with Crippen LogP contribution in [0.15, 0.2) is 36.4 Å². The Bertz CT molecular complexity index is 610. The third-order valence-electron chi connectivity index (χ3n) is 2.94. The van der Waals surface area contributed by atoms with Gasteiger partial charge in [0.2, 0.25) is 0 Å². The topological polar surface area (TPSA) is 39.7 Å². The summed E-state index contributed by atoms with van der Waals surface area (Å²) in [7, 11) is 1.64. The molecule has 19 heavy (non-hydrogen) atoms. The van der Waals surface area contributed by atoms with Crippen LogP contribution in [0.4, 0.5) is 11.4 Å². The normalized spacial score (nSPS) is 11.7. The van der Waals surface area contributed by atoms with Crippen LogP contribution in [0.1, 0.15) is 6.92 Å². The Labute approximate surface area is 111 Å². The molecule has 0 bridgehead atoms. The summed E-state index contributed by atoms with van der Waals surface area (Å²) in [6.07, 6.45) is 0. The van der Waals surface area contributed by atoms with Crippen LogP contribution < -0.4 is 19.5 Å². The molecular weight excluding hydrogens is 242 g/mol. The van der Waals surface area contributed by atoms with Crippen LogP contribution >= 0.6 is 0 Å². The van der Waals surface area contributed by atoms with Gasteiger partial charge in [-0.25, -0.2) is 0 Å². The largest absolute Gasteiger partial charge is 0.497 e. The van der Waals surface area contributed by atoms with Crippen LogP contribution in [0, 0.1) is 0 Å². The van der Waals surface area contributed by atoms with Gasteiger partial charge in [0.15, 0.2) is 11.5 Å². The number of anilines is 2. The van der Waals surface area contributed by atoms with Crippen molar-refractivity contribution < 1.29 is 14.2 Å². The molecule has 4 nitrogen and oxygen atoms in total. The van der Waals surface area contributed by atoms with E-state index in [-0.39, 0.29) is 0 Å². The lowest BCUT2D eigenvalue weighted by atomic mass is 10.2. The zero-order valence-corrected chi connectivity index (χ0v) is 10.9. The van der Waals surface area contributed by atoms with Crippen molar-refractivity contribution in [2.45, 2.75) is 6.92 Å². The Balaban J connectivity index is 1.95. The first-order valence-corrected chi connectivity index (χ1v) is 6.20. The van der Waals surface area contributed by atoms with E-state index in [0.29, 0.717) is 6.61 Å². The van der Waals surface area contributed by atoms with Crippen LogP contribution in [0.5, 0.6) is 23.0 Å². The first-order valence-electron chi connectivity index (χ1n) is 6.20. The van der Waals surface area contributed by atoms with E-state index >= 15 is 0 Å². The summed E-state index contributed by atoms with van der Waals surface area (Å²) in [5, 5.41) is 3.32. The van der Waals surface area contributed by atoms with Crippen molar-refractivity contribution in [2.75, 3.05) is 19.0 Å². The van der Waals surface area contributed by atoms with E-state index in [1.165, 1.54) is 0 Å². The predicted molar refractivity (Wildman–Crippen MR) is 74.0 cm³/mol. The van der Waals surface area contributed by atoms with E-state index < -0.39 is 0 Å². The molecule has 0 amide bonds. The second kappa shape index (κ2) is 4.72. The molecule has 0 unspecified atom stereocenters. The fraction of sp³-hybridized carbons (Fsp3) is 0.200. The molecule has 2 aromatic rings. The average Bonchev–Trinajstić information content (AvgIpc) is 2.45. The molecule has 4 heteroatoms. The number of ether oxygens (including phenoxy) is 3. The van der Waals surface area contributed by atoms with Crippen molar-refractivity contribution in [3.63, 3.8) is 0 Å². The minimum atomic E-state index is 0.636. The minimum absolute atomic E-state index is 0.636. The number of methoxy groups -OCH3 is 1. The summed E-state index contributed by atoms with van der Waals surface area (Å²) in [5.74, 6) is 3.08. The van der Waals surface area contributed by atoms with Gasteiger partial charge < -0.3 is 19.5 Å². The highest BCUT2D eigenvalue weighted by Crippen LogP contribution is 2.44. The van der Waals surface area contributed by atoms with Crippen molar-refractivity contribution in [3.05, 3.63) is 36.4 Å². The molecule has 0 aliphatic carbocycles. The van der Waals surface area contributed by atoms with E-state index in [2.05, 4.69) is 5.32 Å². The van der Waals surface area contributed by atoms with Crippen molar-refractivity contribution in [3.8, 4) is 23.0 Å². The van der Waals surface area contributed by atoms with Gasteiger partial charge in [-0.3, -0.25) is 0 Å². The summed E-state index contributed by atoms with van der Waals surface area (Å²) >= 11 is 0. The predicted octanol–water partition coefficient (Wildman–Crippen LogP) is 3.94. The number of hydrogen-bond acceptors (Lipinski definition) is 4. The lowest BCUT2D eigenvalue weighted by Crippen LogP contribution is -2.03. The van der Waals surface area contributed by atoms with E-state index in [4.69, 9.17) is 14.2 Å². The molecule has 1 heterocycles. The van der Waals surface area contributed by atoms with Crippen LogP contribution in [0.25, 0.3) is 0 Å². The SMILES string of the molecule is CCOc1ccc2c(c1)Oc1cc(OC)ccc1N2. The maximum atomic E-state index is 5.88. The Hall–Kier alpha value is -2.36. The zero-order valence-electron chi connectivity index (χ0n) is 10.9. The van der Waals surface area contributed by atoms with Crippen molar-refractivity contribution >= 4 is 11.4 Å². The molecular formula is C15H15NO3. The third kappa shape index (κ3) is 2.17. The molecule has 2 aromatic carbocycles. The standard InChI is InChI=1S/C15H15NO3/c1-3-18-11-5-7-13-15(9-11)19-14-8-10(17-2)4-6-12(14)16-13/h4-9,16H,3H2,1-2H3. The summed E-state index contributed by atoms with van der Waals surface area (Å²) in [5.41, 5.74) is 1.86. The van der Waals surface area contributed by atoms with Crippen LogP contribution in [-0.2, 0) is 0 Å². The number of benzene rings is 2. The molecule has 0 aromatic heterocycles. The zero-order chi connectivity index (χ0) is 13.2. The summed E-state index contributed by atoms with van der Waals surface area (Å²) in [6.45, 7) is 2.59. The van der Waals surface area contributed by atoms with Crippen LogP contribution in [-0.4, -0.2) is 13.7 Å². The summed E-state index contributed by atoms with van der Waals surface area (Å²) in [4.78, 5) is 0. The highest BCUT2D eigenvalue weighted by Gasteiger charge is 2.17. The molecule has 3 rings (SSSR count). The molecule has 0 atom stereocenters. The van der Waals surface area contributed by atoms with Crippen LogP contribution in [0.2, 0.25) is 0 Å². The summed E-state index contributed by atoms with van der Waals surface area (Å²) < 4.78 is 16.6. The summed E-state index contributed by atoms with van der Waals surface area (Å²) in [6, 6.07) is 11.5. The monoisotopic (exact) mass is 257 g/mol. The van der Waals surface area contributed by atoms with Gasteiger partial charge >= 0.3 is 0 Å². The first-order chi connectivity index (χ1) is 9.30. The highest BCUT2D eigenvalue weighted by molar-refractivity contribution is 5.76. The molecule has 0 spiro atoms. The Kier molecular flexibility index (Phi) is 2.91. The van der Waals surface area contributed by atoms with Gasteiger partial charge in [0.25, 0.3) is 0 Å². The molecule has 0 fully saturated rings. The Morgan fingerprint density at radius 1 is 1.00 bits per heavy atom. The van der Waals surface area contributed by atoms with Crippen molar-refractivity contribution in [1.82, 2.24) is 0 Å². The lowest BCUT2D eigenvalue weighted by Gasteiger charge is -2.22. The van der Waals surface area contributed by atoms with E-state index in [1.54, 1.807) is 7.11 Å². The number of rotatable bonds is 3. The molecule has 0 saturated heterocycles. The number of nitrogens with one attached hydrogen (secondary N) is 1. The molecule has 0 saturated carbocycles. The van der Waals surface area contributed by atoms with Crippen molar-refractivity contribution in [1.29, 1.82) is 0 Å². The molecule has 1 aliphatic rings. The van der Waals surface area contributed by atoms with Crippen LogP contribution in [0.3, 0.4) is 0 Å². The Morgan fingerprint density at radius 3 is 2.26 bits per heavy atom. The fourth-order valence-electron chi connectivity index (χ4n) is 2.03. The average molecular weight is 257 g/mol. The Morgan fingerprint density at radius 2 is 1.63 bits per heavy atom. The second-order valence-electron chi connectivity index (χ2n) is 4.18. The van der Waals surface area contributed by atoms with Gasteiger partial charge in [-0.1, -0.05) is 0 Å². The lowest BCUT2D eigenvalue weighted by molar-refractivity contribution is 0.338. The second-order valence-corrected chi connectivity index (χ2v) is 4.18. The fourth-order valence-corrected chi connectivity index (χ4v) is 2.03. The van der Waals surface area contributed by atoms with Gasteiger partial charge in [-0.2, -0.15) is 0 Å². The first kappa shape index (κ1) is 11.7. The molecule has 1 aliphatic heterocycles. The third-order valence-corrected chi connectivity index (χ3v) is 2.94. The minimum Gasteiger partial charge on any atom is -0.497 e. The van der Waals surface area contributed by atoms with Crippen molar-refractivity contribution in [2.24, 2.45) is 0 Å². The molecule has 98 valence electrons. The molecule has 0 radical (unpaired) electrons. The van der Waals surface area contributed by atoms with Gasteiger partial charge in [0.05, 0.1) is 25.1 Å². The maximum absolute atomic E-state index is 5.88. The maximum Gasteiger partial charge on any atom is 0.154 e. The van der Waals surface area contributed by atoms with Gasteiger partial charge in [0, 0.05) is 12.1 Å². The van der Waals surface area contributed by atoms with E-state index in [9.17, 15) is 0 Å². The smallest absolute Gasteiger partial charge is 0.154 e. The molecule has 1 N–H and O–H groups in total. The number of hydrogen-bond donors (Lipinski definition) is 1. The highest BCUT2D eigenvalue weighted by atomic mass is 16.5. The van der Waals surface area contributed by atoms with Gasteiger partial charge in [-0.05, 0) is 31.2 Å². The van der Waals surface area contributed by atoms with Gasteiger partial charge in [0.1, 0.15) is 11.5 Å². The quantitative estimate of drug-likeness (QED) is 0.771. The van der Waals surface area contributed by atoms with E-state index in [0.717, 1.165) is 34.4 Å². The van der Waals surface area contributed by atoms with Gasteiger partial charge in [-0.15, -0.1) is 0 Å².